The third-order valence-electron chi connectivity index (χ3n) is 3.10. The Kier molecular flexibility index (Phi) is 7.70. The number of benzene rings is 1. The molecule has 0 radical (unpaired) electrons. The number of rotatable bonds is 8. The van der Waals surface area contributed by atoms with Crippen molar-refractivity contribution in [3.05, 3.63) is 35.6 Å². The van der Waals surface area contributed by atoms with Gasteiger partial charge in [0.25, 0.3) is 0 Å². The molecule has 2 N–H and O–H groups in total. The lowest BCUT2D eigenvalue weighted by Crippen LogP contribution is -2.36. The van der Waals surface area contributed by atoms with Crippen LogP contribution in [0.5, 0.6) is 0 Å². The van der Waals surface area contributed by atoms with Crippen LogP contribution in [-0.2, 0) is 6.42 Å². The zero-order valence-electron chi connectivity index (χ0n) is 12.4. The number of amides is 2. The Bertz CT molecular complexity index is 390. The first-order valence-electron chi connectivity index (χ1n) is 7.34. The predicted molar refractivity (Wildman–Crippen MR) is 80.2 cm³/mol. The molecule has 0 aliphatic carbocycles. The highest BCUT2D eigenvalue weighted by Crippen LogP contribution is 2.06. The van der Waals surface area contributed by atoms with E-state index in [-0.39, 0.29) is 11.8 Å². The molecule has 0 saturated carbocycles. The molecule has 0 saturated heterocycles. The SMILES string of the molecule is CC(C)CCNC(=O)NCCCCc1ccc(F)cc1. The Balaban J connectivity index is 2.01. The van der Waals surface area contributed by atoms with E-state index in [1.54, 1.807) is 12.1 Å². The summed E-state index contributed by atoms with van der Waals surface area (Å²) in [6, 6.07) is 6.49. The van der Waals surface area contributed by atoms with E-state index < -0.39 is 0 Å². The van der Waals surface area contributed by atoms with Crippen LogP contribution in [0.15, 0.2) is 24.3 Å². The van der Waals surface area contributed by atoms with Crippen LogP contribution < -0.4 is 10.6 Å². The van der Waals surface area contributed by atoms with Crippen molar-refractivity contribution in [2.45, 2.75) is 39.5 Å². The second-order valence-corrected chi connectivity index (χ2v) is 5.45. The van der Waals surface area contributed by atoms with Gasteiger partial charge in [-0.1, -0.05) is 26.0 Å². The summed E-state index contributed by atoms with van der Waals surface area (Å²) < 4.78 is 12.7. The maximum absolute atomic E-state index is 12.7. The first-order chi connectivity index (χ1) is 9.58. The van der Waals surface area contributed by atoms with Gasteiger partial charge in [0.15, 0.2) is 0 Å². The average Bonchev–Trinajstić information content (AvgIpc) is 2.40. The average molecular weight is 280 g/mol. The van der Waals surface area contributed by atoms with E-state index >= 15 is 0 Å². The second-order valence-electron chi connectivity index (χ2n) is 5.45. The van der Waals surface area contributed by atoms with Crippen LogP contribution in [0.4, 0.5) is 9.18 Å². The Morgan fingerprint density at radius 3 is 2.40 bits per heavy atom. The summed E-state index contributed by atoms with van der Waals surface area (Å²) in [6.45, 7) is 5.66. The normalized spacial score (nSPS) is 10.6. The zero-order chi connectivity index (χ0) is 14.8. The van der Waals surface area contributed by atoms with Crippen molar-refractivity contribution in [3.8, 4) is 0 Å². The van der Waals surface area contributed by atoms with Gasteiger partial charge in [0.2, 0.25) is 0 Å². The van der Waals surface area contributed by atoms with Crippen molar-refractivity contribution < 1.29 is 9.18 Å². The van der Waals surface area contributed by atoms with Gasteiger partial charge in [-0.15, -0.1) is 0 Å². The van der Waals surface area contributed by atoms with E-state index in [0.29, 0.717) is 12.5 Å². The number of hydrogen-bond acceptors (Lipinski definition) is 1. The molecule has 0 unspecified atom stereocenters. The van der Waals surface area contributed by atoms with Gasteiger partial charge >= 0.3 is 6.03 Å². The number of unbranched alkanes of at least 4 members (excludes halogenated alkanes) is 1. The Hall–Kier alpha value is -1.58. The monoisotopic (exact) mass is 280 g/mol. The highest BCUT2D eigenvalue weighted by atomic mass is 19.1. The molecule has 4 heteroatoms. The summed E-state index contributed by atoms with van der Waals surface area (Å²) in [7, 11) is 0. The predicted octanol–water partition coefficient (Wildman–Crippen LogP) is 3.49. The molecule has 20 heavy (non-hydrogen) atoms. The Morgan fingerprint density at radius 2 is 1.75 bits per heavy atom. The number of aryl methyl sites for hydroxylation is 1. The van der Waals surface area contributed by atoms with Crippen LogP contribution in [-0.4, -0.2) is 19.1 Å². The molecular formula is C16H25FN2O. The number of hydrogen-bond donors (Lipinski definition) is 2. The molecular weight excluding hydrogens is 255 g/mol. The van der Waals surface area contributed by atoms with Gasteiger partial charge in [-0.2, -0.15) is 0 Å². The van der Waals surface area contributed by atoms with Gasteiger partial charge in [-0.05, 0) is 49.3 Å². The number of halogens is 1. The van der Waals surface area contributed by atoms with E-state index in [1.807, 2.05) is 0 Å². The Labute approximate surface area is 121 Å². The van der Waals surface area contributed by atoms with Crippen molar-refractivity contribution in [1.29, 1.82) is 0 Å². The van der Waals surface area contributed by atoms with Gasteiger partial charge < -0.3 is 10.6 Å². The molecule has 0 aliphatic heterocycles. The van der Waals surface area contributed by atoms with Gasteiger partial charge in [0.05, 0.1) is 0 Å². The van der Waals surface area contributed by atoms with Gasteiger partial charge in [-0.25, -0.2) is 9.18 Å². The fourth-order valence-corrected chi connectivity index (χ4v) is 1.84. The molecule has 112 valence electrons. The molecule has 0 heterocycles. The largest absolute Gasteiger partial charge is 0.338 e. The standard InChI is InChI=1S/C16H25FN2O/c1-13(2)10-12-19-16(20)18-11-4-3-5-14-6-8-15(17)9-7-14/h6-9,13H,3-5,10-12H2,1-2H3,(H2,18,19,20). The highest BCUT2D eigenvalue weighted by Gasteiger charge is 2.00. The molecule has 0 spiro atoms. The maximum atomic E-state index is 12.7. The summed E-state index contributed by atoms with van der Waals surface area (Å²) in [5.74, 6) is 0.402. The molecule has 0 aromatic heterocycles. The summed E-state index contributed by atoms with van der Waals surface area (Å²) >= 11 is 0. The highest BCUT2D eigenvalue weighted by molar-refractivity contribution is 5.73. The molecule has 0 aliphatic rings. The van der Waals surface area contributed by atoms with Gasteiger partial charge in [0.1, 0.15) is 5.82 Å². The minimum Gasteiger partial charge on any atom is -0.338 e. The van der Waals surface area contributed by atoms with Crippen LogP contribution >= 0.6 is 0 Å². The quantitative estimate of drug-likeness (QED) is 0.703. The first kappa shape index (κ1) is 16.5. The van der Waals surface area contributed by atoms with Crippen LogP contribution in [0.2, 0.25) is 0 Å². The summed E-state index contributed by atoms with van der Waals surface area (Å²) in [6.07, 6.45) is 3.82. The van der Waals surface area contributed by atoms with Crippen molar-refractivity contribution in [2.24, 2.45) is 5.92 Å². The third kappa shape index (κ3) is 7.77. The van der Waals surface area contributed by atoms with Gasteiger partial charge in [-0.3, -0.25) is 0 Å². The van der Waals surface area contributed by atoms with E-state index in [2.05, 4.69) is 24.5 Å². The Morgan fingerprint density at radius 1 is 1.10 bits per heavy atom. The van der Waals surface area contributed by atoms with Crippen molar-refractivity contribution >= 4 is 6.03 Å². The number of urea groups is 1. The smallest absolute Gasteiger partial charge is 0.314 e. The number of nitrogens with one attached hydrogen (secondary N) is 2. The van der Waals surface area contributed by atoms with Gasteiger partial charge in [0, 0.05) is 13.1 Å². The lowest BCUT2D eigenvalue weighted by molar-refractivity contribution is 0.240. The van der Waals surface area contributed by atoms with E-state index in [0.717, 1.165) is 37.8 Å². The topological polar surface area (TPSA) is 41.1 Å². The van der Waals surface area contributed by atoms with Crippen LogP contribution in [0.3, 0.4) is 0 Å². The lowest BCUT2D eigenvalue weighted by atomic mass is 10.1. The molecule has 1 rings (SSSR count). The maximum Gasteiger partial charge on any atom is 0.314 e. The van der Waals surface area contributed by atoms with Crippen molar-refractivity contribution in [3.63, 3.8) is 0 Å². The third-order valence-corrected chi connectivity index (χ3v) is 3.10. The fraction of sp³-hybridized carbons (Fsp3) is 0.562. The molecule has 0 bridgehead atoms. The summed E-state index contributed by atoms with van der Waals surface area (Å²) in [4.78, 5) is 11.4. The zero-order valence-corrected chi connectivity index (χ0v) is 12.4. The molecule has 3 nitrogen and oxygen atoms in total. The van der Waals surface area contributed by atoms with Crippen LogP contribution in [0.1, 0.15) is 38.7 Å². The number of carbonyl (C=O) groups is 1. The first-order valence-corrected chi connectivity index (χ1v) is 7.34. The number of carbonyl (C=O) groups excluding carboxylic acids is 1. The lowest BCUT2D eigenvalue weighted by Gasteiger charge is -2.08. The summed E-state index contributed by atoms with van der Waals surface area (Å²) in [5, 5.41) is 5.68. The fourth-order valence-electron chi connectivity index (χ4n) is 1.84. The molecule has 1 aromatic carbocycles. The van der Waals surface area contributed by atoms with E-state index in [4.69, 9.17) is 0 Å². The molecule has 1 aromatic rings. The minimum absolute atomic E-state index is 0.0903. The molecule has 0 atom stereocenters. The van der Waals surface area contributed by atoms with Crippen molar-refractivity contribution in [2.75, 3.05) is 13.1 Å². The van der Waals surface area contributed by atoms with Crippen LogP contribution in [0, 0.1) is 11.7 Å². The molecule has 2 amide bonds. The summed E-state index contributed by atoms with van der Waals surface area (Å²) in [5.41, 5.74) is 1.13. The van der Waals surface area contributed by atoms with Crippen LogP contribution in [0.25, 0.3) is 0 Å². The van der Waals surface area contributed by atoms with E-state index in [1.165, 1.54) is 12.1 Å². The van der Waals surface area contributed by atoms with E-state index in [9.17, 15) is 9.18 Å². The molecule has 0 fully saturated rings. The van der Waals surface area contributed by atoms with Crippen molar-refractivity contribution in [1.82, 2.24) is 10.6 Å². The minimum atomic E-state index is -0.200. The second kappa shape index (κ2) is 9.34.